The lowest BCUT2D eigenvalue weighted by Crippen LogP contribution is -2.56. The number of hydrogen-bond acceptors (Lipinski definition) is 5. The molecule has 2 aliphatic rings. The highest BCUT2D eigenvalue weighted by atomic mass is 16.5. The van der Waals surface area contributed by atoms with Crippen LogP contribution in [0.5, 0.6) is 0 Å². The Kier molecular flexibility index (Phi) is 6.20. The Morgan fingerprint density at radius 1 is 1.29 bits per heavy atom. The number of hydrogen-bond donors (Lipinski definition) is 2. The van der Waals surface area contributed by atoms with Gasteiger partial charge in [0.05, 0.1) is 32.0 Å². The Hall–Kier alpha value is -1.47. The van der Waals surface area contributed by atoms with Crippen molar-refractivity contribution in [3.63, 3.8) is 0 Å². The van der Waals surface area contributed by atoms with E-state index in [-0.39, 0.29) is 24.1 Å². The number of carbonyl (C=O) groups excluding carboxylic acids is 1. The monoisotopic (exact) mass is 333 g/mol. The molecule has 0 aliphatic carbocycles. The zero-order valence-electron chi connectivity index (χ0n) is 14.2. The SMILES string of the molecule is C[C@H]1OCCN[C@@H]1C(=O)NCC(c1ccccc1)N1CCOCC1. The van der Waals surface area contributed by atoms with E-state index in [0.29, 0.717) is 19.7 Å². The minimum atomic E-state index is -0.278. The van der Waals surface area contributed by atoms with E-state index in [2.05, 4.69) is 27.7 Å². The van der Waals surface area contributed by atoms with Crippen molar-refractivity contribution in [1.82, 2.24) is 15.5 Å². The van der Waals surface area contributed by atoms with Crippen molar-refractivity contribution in [2.75, 3.05) is 46.0 Å². The first kappa shape index (κ1) is 17.4. The zero-order valence-corrected chi connectivity index (χ0v) is 14.2. The summed E-state index contributed by atoms with van der Waals surface area (Å²) in [5, 5.41) is 6.36. The van der Waals surface area contributed by atoms with Crippen molar-refractivity contribution >= 4 is 5.91 Å². The van der Waals surface area contributed by atoms with E-state index in [0.717, 1.165) is 26.3 Å². The number of benzene rings is 1. The molecular weight excluding hydrogens is 306 g/mol. The molecule has 0 bridgehead atoms. The van der Waals surface area contributed by atoms with Gasteiger partial charge in [0.25, 0.3) is 0 Å². The fourth-order valence-electron chi connectivity index (χ4n) is 3.36. The second-order valence-corrected chi connectivity index (χ2v) is 6.33. The number of rotatable bonds is 5. The van der Waals surface area contributed by atoms with E-state index in [1.54, 1.807) is 0 Å². The smallest absolute Gasteiger partial charge is 0.239 e. The first-order valence-corrected chi connectivity index (χ1v) is 8.75. The molecule has 0 spiro atoms. The third-order valence-electron chi connectivity index (χ3n) is 4.74. The molecule has 2 aliphatic heterocycles. The van der Waals surface area contributed by atoms with Gasteiger partial charge in [-0.2, -0.15) is 0 Å². The number of carbonyl (C=O) groups is 1. The van der Waals surface area contributed by atoms with Gasteiger partial charge in [0.1, 0.15) is 6.04 Å². The van der Waals surface area contributed by atoms with Gasteiger partial charge in [-0.3, -0.25) is 9.69 Å². The van der Waals surface area contributed by atoms with E-state index in [9.17, 15) is 4.79 Å². The number of nitrogens with zero attached hydrogens (tertiary/aromatic N) is 1. The summed E-state index contributed by atoms with van der Waals surface area (Å²) in [6.45, 7) is 7.16. The summed E-state index contributed by atoms with van der Waals surface area (Å²) in [5.41, 5.74) is 1.22. The molecule has 1 amide bonds. The predicted octanol–water partition coefficient (Wildman–Crippen LogP) is 0.553. The Balaban J connectivity index is 1.64. The van der Waals surface area contributed by atoms with E-state index >= 15 is 0 Å². The average Bonchev–Trinajstić information content (AvgIpc) is 2.64. The molecule has 132 valence electrons. The van der Waals surface area contributed by atoms with E-state index in [4.69, 9.17) is 9.47 Å². The van der Waals surface area contributed by atoms with Crippen LogP contribution in [0.15, 0.2) is 30.3 Å². The Morgan fingerprint density at radius 3 is 2.75 bits per heavy atom. The predicted molar refractivity (Wildman–Crippen MR) is 91.8 cm³/mol. The number of morpholine rings is 2. The van der Waals surface area contributed by atoms with Crippen LogP contribution in [-0.2, 0) is 14.3 Å². The van der Waals surface area contributed by atoms with Gasteiger partial charge < -0.3 is 20.1 Å². The molecular formula is C18H27N3O3. The van der Waals surface area contributed by atoms with Crippen LogP contribution in [0.4, 0.5) is 0 Å². The molecule has 1 unspecified atom stereocenters. The molecule has 0 saturated carbocycles. The summed E-state index contributed by atoms with van der Waals surface area (Å²) in [6.07, 6.45) is -0.0997. The highest BCUT2D eigenvalue weighted by Gasteiger charge is 2.29. The van der Waals surface area contributed by atoms with Gasteiger partial charge in [0.2, 0.25) is 5.91 Å². The maximum absolute atomic E-state index is 12.5. The van der Waals surface area contributed by atoms with Crippen molar-refractivity contribution in [2.24, 2.45) is 0 Å². The summed E-state index contributed by atoms with van der Waals surface area (Å²) in [5.74, 6) is 0.0105. The molecule has 0 aromatic heterocycles. The second-order valence-electron chi connectivity index (χ2n) is 6.33. The van der Waals surface area contributed by atoms with Gasteiger partial charge in [0.15, 0.2) is 0 Å². The van der Waals surface area contributed by atoms with Crippen molar-refractivity contribution in [3.05, 3.63) is 35.9 Å². The molecule has 3 rings (SSSR count). The molecule has 1 aromatic rings. The third-order valence-corrected chi connectivity index (χ3v) is 4.74. The quantitative estimate of drug-likeness (QED) is 0.824. The van der Waals surface area contributed by atoms with Crippen LogP contribution in [0.25, 0.3) is 0 Å². The van der Waals surface area contributed by atoms with Gasteiger partial charge in [-0.25, -0.2) is 0 Å². The summed E-state index contributed by atoms with van der Waals surface area (Å²) >= 11 is 0. The van der Waals surface area contributed by atoms with Crippen molar-refractivity contribution < 1.29 is 14.3 Å². The van der Waals surface area contributed by atoms with Gasteiger partial charge in [-0.15, -0.1) is 0 Å². The van der Waals surface area contributed by atoms with Gasteiger partial charge in [0, 0.05) is 26.2 Å². The maximum atomic E-state index is 12.5. The first-order valence-electron chi connectivity index (χ1n) is 8.75. The molecule has 2 saturated heterocycles. The minimum Gasteiger partial charge on any atom is -0.379 e. The van der Waals surface area contributed by atoms with Gasteiger partial charge in [-0.1, -0.05) is 30.3 Å². The fourth-order valence-corrected chi connectivity index (χ4v) is 3.36. The Morgan fingerprint density at radius 2 is 2.04 bits per heavy atom. The lowest BCUT2D eigenvalue weighted by atomic mass is 10.0. The van der Waals surface area contributed by atoms with Crippen LogP contribution in [0.3, 0.4) is 0 Å². The van der Waals surface area contributed by atoms with Crippen LogP contribution >= 0.6 is 0 Å². The molecule has 6 nitrogen and oxygen atoms in total. The van der Waals surface area contributed by atoms with Crippen molar-refractivity contribution in [3.8, 4) is 0 Å². The van der Waals surface area contributed by atoms with Crippen molar-refractivity contribution in [2.45, 2.75) is 25.1 Å². The summed E-state index contributed by atoms with van der Waals surface area (Å²) in [6, 6.07) is 10.2. The molecule has 3 atom stereocenters. The van der Waals surface area contributed by atoms with Crippen LogP contribution in [0, 0.1) is 0 Å². The fraction of sp³-hybridized carbons (Fsp3) is 0.611. The lowest BCUT2D eigenvalue weighted by molar-refractivity contribution is -0.129. The summed E-state index contributed by atoms with van der Waals surface area (Å²) < 4.78 is 11.0. The van der Waals surface area contributed by atoms with Crippen LogP contribution in [-0.4, -0.2) is 69.0 Å². The van der Waals surface area contributed by atoms with Crippen LogP contribution < -0.4 is 10.6 Å². The Labute approximate surface area is 143 Å². The molecule has 24 heavy (non-hydrogen) atoms. The van der Waals surface area contributed by atoms with E-state index in [1.807, 2.05) is 25.1 Å². The minimum absolute atomic E-state index is 0.0105. The highest BCUT2D eigenvalue weighted by molar-refractivity contribution is 5.82. The van der Waals surface area contributed by atoms with E-state index < -0.39 is 0 Å². The van der Waals surface area contributed by atoms with Crippen LogP contribution in [0.1, 0.15) is 18.5 Å². The number of ether oxygens (including phenoxy) is 2. The molecule has 2 heterocycles. The standard InChI is InChI=1S/C18H27N3O3/c1-14-17(19-7-10-24-14)18(22)20-13-16(15-5-3-2-4-6-15)21-8-11-23-12-9-21/h2-6,14,16-17,19H,7-13H2,1H3,(H,20,22)/t14-,16?,17+/m1/s1. The molecule has 6 heteroatoms. The van der Waals surface area contributed by atoms with Crippen molar-refractivity contribution in [1.29, 1.82) is 0 Å². The van der Waals surface area contributed by atoms with E-state index in [1.165, 1.54) is 5.56 Å². The summed E-state index contributed by atoms with van der Waals surface area (Å²) in [7, 11) is 0. The molecule has 2 N–H and O–H groups in total. The first-order chi connectivity index (χ1) is 11.8. The lowest BCUT2D eigenvalue weighted by Gasteiger charge is -2.36. The highest BCUT2D eigenvalue weighted by Crippen LogP contribution is 2.21. The number of amides is 1. The third kappa shape index (κ3) is 4.33. The Bertz CT molecular complexity index is 520. The number of nitrogens with one attached hydrogen (secondary N) is 2. The second kappa shape index (κ2) is 8.58. The normalized spacial score (nSPS) is 26.7. The summed E-state index contributed by atoms with van der Waals surface area (Å²) in [4.78, 5) is 14.9. The van der Waals surface area contributed by atoms with Crippen LogP contribution in [0.2, 0.25) is 0 Å². The largest absolute Gasteiger partial charge is 0.379 e. The molecule has 1 aromatic carbocycles. The maximum Gasteiger partial charge on any atom is 0.239 e. The molecule has 0 radical (unpaired) electrons. The average molecular weight is 333 g/mol. The zero-order chi connectivity index (χ0) is 16.8. The van der Waals surface area contributed by atoms with Gasteiger partial charge in [-0.05, 0) is 12.5 Å². The van der Waals surface area contributed by atoms with Gasteiger partial charge >= 0.3 is 0 Å². The molecule has 2 fully saturated rings. The topological polar surface area (TPSA) is 62.8 Å².